The molecule has 140 valence electrons. The molecule has 1 amide bonds. The number of fused-ring (bicyclic) bond motifs is 1. The van der Waals surface area contributed by atoms with Gasteiger partial charge in [0, 0.05) is 24.5 Å². The average molecular weight is 374 g/mol. The van der Waals surface area contributed by atoms with E-state index in [-0.39, 0.29) is 17.6 Å². The van der Waals surface area contributed by atoms with Crippen molar-refractivity contribution in [1.29, 1.82) is 0 Å². The summed E-state index contributed by atoms with van der Waals surface area (Å²) in [6.45, 7) is 0. The summed E-state index contributed by atoms with van der Waals surface area (Å²) in [5.74, 6) is -0.219. The molecule has 0 fully saturated rings. The molecule has 2 aromatic carbocycles. The van der Waals surface area contributed by atoms with Gasteiger partial charge in [0.25, 0.3) is 5.69 Å². The number of benzene rings is 2. The lowest BCUT2D eigenvalue weighted by Crippen LogP contribution is -2.25. The van der Waals surface area contributed by atoms with Crippen molar-refractivity contribution in [2.75, 3.05) is 0 Å². The van der Waals surface area contributed by atoms with Crippen LogP contribution in [0.4, 0.5) is 5.69 Å². The number of nitro groups is 1. The second-order valence-electron chi connectivity index (χ2n) is 6.61. The Morgan fingerprint density at radius 1 is 1.29 bits per heavy atom. The summed E-state index contributed by atoms with van der Waals surface area (Å²) in [6.07, 6.45) is 9.53. The van der Waals surface area contributed by atoms with Crippen LogP contribution >= 0.6 is 0 Å². The van der Waals surface area contributed by atoms with Gasteiger partial charge in [0.2, 0.25) is 5.91 Å². The van der Waals surface area contributed by atoms with E-state index in [1.165, 1.54) is 24.0 Å². The van der Waals surface area contributed by atoms with Crippen LogP contribution in [0, 0.1) is 10.1 Å². The van der Waals surface area contributed by atoms with Crippen LogP contribution in [0.2, 0.25) is 0 Å². The van der Waals surface area contributed by atoms with Gasteiger partial charge in [-0.15, -0.1) is 0 Å². The van der Waals surface area contributed by atoms with Crippen molar-refractivity contribution < 1.29 is 9.72 Å². The van der Waals surface area contributed by atoms with Crippen LogP contribution in [-0.4, -0.2) is 20.4 Å². The second kappa shape index (κ2) is 7.48. The maximum absolute atomic E-state index is 12.3. The van der Waals surface area contributed by atoms with E-state index in [4.69, 9.17) is 0 Å². The number of aromatic nitrogens is 2. The number of nitro benzene ring substituents is 1. The fourth-order valence-corrected chi connectivity index (χ4v) is 3.51. The number of hydrogen-bond acceptors (Lipinski definition) is 4. The van der Waals surface area contributed by atoms with Crippen molar-refractivity contribution in [3.05, 3.63) is 94.1 Å². The summed E-state index contributed by atoms with van der Waals surface area (Å²) in [4.78, 5) is 27.2. The molecule has 3 aromatic rings. The fourth-order valence-electron chi connectivity index (χ4n) is 3.51. The van der Waals surface area contributed by atoms with Crippen molar-refractivity contribution in [3.8, 4) is 5.69 Å². The normalized spacial score (nSPS) is 15.5. The van der Waals surface area contributed by atoms with Gasteiger partial charge >= 0.3 is 0 Å². The number of carbonyl (C=O) groups excluding carboxylic acids is 1. The molecule has 0 spiro atoms. The van der Waals surface area contributed by atoms with E-state index < -0.39 is 4.92 Å². The summed E-state index contributed by atoms with van der Waals surface area (Å²) >= 11 is 0. The minimum Gasteiger partial charge on any atom is -0.346 e. The third-order valence-corrected chi connectivity index (χ3v) is 4.86. The molecule has 1 aromatic heterocycles. The van der Waals surface area contributed by atoms with Crippen LogP contribution in [-0.2, 0) is 11.2 Å². The Morgan fingerprint density at radius 2 is 2.14 bits per heavy atom. The molecule has 0 aliphatic heterocycles. The molecule has 28 heavy (non-hydrogen) atoms. The topological polar surface area (TPSA) is 90.1 Å². The SMILES string of the molecule is O=C(C=Cc1ccc(-n2ccnc2)c([N+](=O)[O-])c1)NC1CCc2ccccc21. The largest absolute Gasteiger partial charge is 0.346 e. The van der Waals surface area contributed by atoms with E-state index >= 15 is 0 Å². The lowest BCUT2D eigenvalue weighted by atomic mass is 10.1. The summed E-state index contributed by atoms with van der Waals surface area (Å²) in [7, 11) is 0. The molecular formula is C21H18N4O3. The lowest BCUT2D eigenvalue weighted by molar-refractivity contribution is -0.384. The third kappa shape index (κ3) is 3.55. The van der Waals surface area contributed by atoms with Crippen molar-refractivity contribution in [3.63, 3.8) is 0 Å². The molecular weight excluding hydrogens is 356 g/mol. The Labute approximate surface area is 161 Å². The number of imidazole rings is 1. The smallest absolute Gasteiger partial charge is 0.293 e. The first kappa shape index (κ1) is 17.7. The van der Waals surface area contributed by atoms with Gasteiger partial charge in [-0.2, -0.15) is 0 Å². The standard InChI is InChI=1S/C21H18N4O3/c26-21(23-18-8-7-16-3-1-2-4-17(16)18)10-6-15-5-9-19(20(13-15)25(27)28)24-12-11-22-14-24/h1-6,9-14,18H,7-8H2,(H,23,26). The van der Waals surface area contributed by atoms with Crippen LogP contribution in [0.3, 0.4) is 0 Å². The number of nitrogens with zero attached hydrogens (tertiary/aromatic N) is 3. The van der Waals surface area contributed by atoms with Gasteiger partial charge in [0.15, 0.2) is 0 Å². The predicted octanol–water partition coefficient (Wildman–Crippen LogP) is 3.60. The maximum atomic E-state index is 12.3. The first-order valence-corrected chi connectivity index (χ1v) is 8.95. The van der Waals surface area contributed by atoms with Gasteiger partial charge in [-0.05, 0) is 41.7 Å². The monoisotopic (exact) mass is 374 g/mol. The zero-order valence-corrected chi connectivity index (χ0v) is 15.0. The van der Waals surface area contributed by atoms with Gasteiger partial charge in [0.1, 0.15) is 5.69 Å². The molecule has 1 N–H and O–H groups in total. The van der Waals surface area contributed by atoms with E-state index in [0.717, 1.165) is 18.4 Å². The average Bonchev–Trinajstić information content (AvgIpc) is 3.37. The quantitative estimate of drug-likeness (QED) is 0.420. The van der Waals surface area contributed by atoms with E-state index in [2.05, 4.69) is 16.4 Å². The second-order valence-corrected chi connectivity index (χ2v) is 6.61. The Bertz CT molecular complexity index is 1060. The zero-order chi connectivity index (χ0) is 19.5. The van der Waals surface area contributed by atoms with Crippen molar-refractivity contribution >= 4 is 17.7 Å². The third-order valence-electron chi connectivity index (χ3n) is 4.86. The van der Waals surface area contributed by atoms with Gasteiger partial charge in [-0.1, -0.05) is 30.3 Å². The number of carbonyl (C=O) groups is 1. The van der Waals surface area contributed by atoms with Crippen molar-refractivity contribution in [1.82, 2.24) is 14.9 Å². The first-order valence-electron chi connectivity index (χ1n) is 8.95. The van der Waals surface area contributed by atoms with Crippen molar-refractivity contribution in [2.24, 2.45) is 0 Å². The van der Waals surface area contributed by atoms with Crippen molar-refractivity contribution in [2.45, 2.75) is 18.9 Å². The fraction of sp³-hybridized carbons (Fsp3) is 0.143. The number of amides is 1. The Morgan fingerprint density at radius 3 is 2.93 bits per heavy atom. The molecule has 1 unspecified atom stereocenters. The van der Waals surface area contributed by atoms with Gasteiger partial charge < -0.3 is 9.88 Å². The van der Waals surface area contributed by atoms with Crippen LogP contribution < -0.4 is 5.32 Å². The summed E-state index contributed by atoms with van der Waals surface area (Å²) in [5, 5.41) is 14.4. The lowest BCUT2D eigenvalue weighted by Gasteiger charge is -2.12. The number of nitrogens with one attached hydrogen (secondary N) is 1. The molecule has 0 bridgehead atoms. The molecule has 0 radical (unpaired) electrons. The van der Waals surface area contributed by atoms with E-state index in [9.17, 15) is 14.9 Å². The molecule has 1 atom stereocenters. The van der Waals surface area contributed by atoms with E-state index in [1.54, 1.807) is 35.2 Å². The number of hydrogen-bond donors (Lipinski definition) is 1. The van der Waals surface area contributed by atoms with Gasteiger partial charge in [0.05, 0.1) is 17.3 Å². The highest BCUT2D eigenvalue weighted by atomic mass is 16.6. The molecule has 1 aliphatic carbocycles. The summed E-state index contributed by atoms with van der Waals surface area (Å²) < 4.78 is 1.58. The number of rotatable bonds is 5. The predicted molar refractivity (Wildman–Crippen MR) is 105 cm³/mol. The molecule has 7 heteroatoms. The molecule has 0 saturated heterocycles. The van der Waals surface area contributed by atoms with Crippen LogP contribution in [0.15, 0.2) is 67.3 Å². The summed E-state index contributed by atoms with van der Waals surface area (Å²) in [5.41, 5.74) is 3.38. The Hall–Kier alpha value is -3.74. The number of aryl methyl sites for hydroxylation is 1. The Kier molecular flexibility index (Phi) is 4.72. The minimum atomic E-state index is -0.442. The molecule has 4 rings (SSSR count). The van der Waals surface area contributed by atoms with Gasteiger partial charge in [-0.3, -0.25) is 14.9 Å². The minimum absolute atomic E-state index is 0.00584. The highest BCUT2D eigenvalue weighted by molar-refractivity contribution is 5.92. The van der Waals surface area contributed by atoms with Crippen LogP contribution in [0.25, 0.3) is 11.8 Å². The maximum Gasteiger partial charge on any atom is 0.293 e. The highest BCUT2D eigenvalue weighted by Crippen LogP contribution is 2.30. The van der Waals surface area contributed by atoms with Crippen LogP contribution in [0.1, 0.15) is 29.2 Å². The molecule has 7 nitrogen and oxygen atoms in total. The highest BCUT2D eigenvalue weighted by Gasteiger charge is 2.22. The zero-order valence-electron chi connectivity index (χ0n) is 15.0. The van der Waals surface area contributed by atoms with Gasteiger partial charge in [-0.25, -0.2) is 4.98 Å². The van der Waals surface area contributed by atoms with E-state index in [1.807, 2.05) is 18.2 Å². The summed E-state index contributed by atoms with van der Waals surface area (Å²) in [6, 6.07) is 12.9. The Balaban J connectivity index is 1.49. The van der Waals surface area contributed by atoms with Crippen LogP contribution in [0.5, 0.6) is 0 Å². The molecule has 1 heterocycles. The van der Waals surface area contributed by atoms with E-state index in [0.29, 0.717) is 11.3 Å². The molecule has 1 aliphatic rings. The first-order chi connectivity index (χ1) is 13.6. The molecule has 0 saturated carbocycles.